The van der Waals surface area contributed by atoms with Crippen LogP contribution in [0.15, 0.2) is 54.6 Å². The van der Waals surface area contributed by atoms with Crippen LogP contribution >= 0.6 is 0 Å². The maximum Gasteiger partial charge on any atom is 0.119 e. The molecule has 0 saturated heterocycles. The molecular weight excluding hydrogens is 230 g/mol. The van der Waals surface area contributed by atoms with Gasteiger partial charge in [0.2, 0.25) is 0 Å². The van der Waals surface area contributed by atoms with Crippen molar-refractivity contribution in [2.45, 2.75) is 6.61 Å². The van der Waals surface area contributed by atoms with Crippen molar-refractivity contribution in [3.05, 3.63) is 60.2 Å². The van der Waals surface area contributed by atoms with Gasteiger partial charge in [-0.25, -0.2) is 0 Å². The SMILES string of the molecule is CON(O)c1ccc(OCc2ccccc2)cc1. The zero-order valence-corrected chi connectivity index (χ0v) is 10.1. The van der Waals surface area contributed by atoms with Gasteiger partial charge in [0.05, 0.1) is 12.8 Å². The summed E-state index contributed by atoms with van der Waals surface area (Å²) >= 11 is 0. The first-order chi connectivity index (χ1) is 8.79. The van der Waals surface area contributed by atoms with Crippen LogP contribution in [-0.2, 0) is 11.4 Å². The van der Waals surface area contributed by atoms with Crippen LogP contribution in [0.3, 0.4) is 0 Å². The average molecular weight is 245 g/mol. The molecule has 0 unspecified atom stereocenters. The molecule has 94 valence electrons. The van der Waals surface area contributed by atoms with Crippen LogP contribution < -0.4 is 9.96 Å². The van der Waals surface area contributed by atoms with Crippen molar-refractivity contribution < 1.29 is 14.8 Å². The summed E-state index contributed by atoms with van der Waals surface area (Å²) in [5, 5.41) is 9.99. The van der Waals surface area contributed by atoms with E-state index in [0.717, 1.165) is 11.3 Å². The van der Waals surface area contributed by atoms with Crippen LogP contribution in [0.2, 0.25) is 0 Å². The lowest BCUT2D eigenvalue weighted by Crippen LogP contribution is -2.15. The molecule has 2 aromatic carbocycles. The monoisotopic (exact) mass is 245 g/mol. The van der Waals surface area contributed by atoms with E-state index in [1.807, 2.05) is 30.3 Å². The summed E-state index contributed by atoms with van der Waals surface area (Å²) in [7, 11) is 1.39. The number of hydrogen-bond donors (Lipinski definition) is 1. The minimum Gasteiger partial charge on any atom is -0.489 e. The highest BCUT2D eigenvalue weighted by Gasteiger charge is 2.01. The van der Waals surface area contributed by atoms with Crippen LogP contribution in [-0.4, -0.2) is 12.3 Å². The number of anilines is 1. The summed E-state index contributed by atoms with van der Waals surface area (Å²) in [6.45, 7) is 0.521. The van der Waals surface area contributed by atoms with Gasteiger partial charge in [-0.1, -0.05) is 30.3 Å². The van der Waals surface area contributed by atoms with Gasteiger partial charge in [0, 0.05) is 0 Å². The fourth-order valence-corrected chi connectivity index (χ4v) is 1.52. The van der Waals surface area contributed by atoms with E-state index in [2.05, 4.69) is 4.84 Å². The zero-order chi connectivity index (χ0) is 12.8. The van der Waals surface area contributed by atoms with Gasteiger partial charge in [-0.15, -0.1) is 5.23 Å². The standard InChI is InChI=1S/C14H15NO3/c1-17-15(16)13-7-9-14(10-8-13)18-11-12-5-3-2-4-6-12/h2-10,16H,11H2,1H3. The molecule has 2 rings (SSSR count). The molecule has 0 fully saturated rings. The van der Waals surface area contributed by atoms with Gasteiger partial charge in [-0.05, 0) is 29.8 Å². The first-order valence-electron chi connectivity index (χ1n) is 5.59. The summed E-state index contributed by atoms with van der Waals surface area (Å²) in [4.78, 5) is 4.65. The first kappa shape index (κ1) is 12.4. The van der Waals surface area contributed by atoms with Gasteiger partial charge in [0.25, 0.3) is 0 Å². The Morgan fingerprint density at radius 3 is 2.28 bits per heavy atom. The third-order valence-corrected chi connectivity index (χ3v) is 2.48. The Bertz CT molecular complexity index is 470. The molecule has 0 bridgehead atoms. The lowest BCUT2D eigenvalue weighted by atomic mass is 10.2. The van der Waals surface area contributed by atoms with Gasteiger partial charge in [0.15, 0.2) is 0 Å². The smallest absolute Gasteiger partial charge is 0.119 e. The van der Waals surface area contributed by atoms with Crippen molar-refractivity contribution in [3.8, 4) is 5.75 Å². The third kappa shape index (κ3) is 3.23. The largest absolute Gasteiger partial charge is 0.489 e. The molecule has 2 aromatic rings. The summed E-state index contributed by atoms with van der Waals surface area (Å²) in [5.74, 6) is 0.743. The first-order valence-corrected chi connectivity index (χ1v) is 5.59. The summed E-state index contributed by atoms with van der Waals surface area (Å²) in [6.07, 6.45) is 0. The zero-order valence-electron chi connectivity index (χ0n) is 10.1. The second-order valence-electron chi connectivity index (χ2n) is 3.72. The van der Waals surface area contributed by atoms with E-state index in [0.29, 0.717) is 17.5 Å². The number of benzene rings is 2. The molecule has 0 spiro atoms. The van der Waals surface area contributed by atoms with E-state index in [9.17, 15) is 5.21 Å². The van der Waals surface area contributed by atoms with E-state index >= 15 is 0 Å². The summed E-state index contributed by atoms with van der Waals surface area (Å²) < 4.78 is 5.62. The van der Waals surface area contributed by atoms with Crippen molar-refractivity contribution in [1.82, 2.24) is 0 Å². The highest BCUT2D eigenvalue weighted by atomic mass is 16.9. The van der Waals surface area contributed by atoms with Crippen LogP contribution in [0.1, 0.15) is 5.56 Å². The Balaban J connectivity index is 1.94. The maximum atomic E-state index is 9.30. The quantitative estimate of drug-likeness (QED) is 0.822. The van der Waals surface area contributed by atoms with Crippen molar-refractivity contribution in [2.24, 2.45) is 0 Å². The molecule has 4 nitrogen and oxygen atoms in total. The average Bonchev–Trinajstić information content (AvgIpc) is 2.46. The van der Waals surface area contributed by atoms with E-state index in [1.165, 1.54) is 7.11 Å². The Labute approximate surface area is 106 Å². The van der Waals surface area contributed by atoms with Gasteiger partial charge in [-0.3, -0.25) is 10.0 Å². The molecule has 0 aliphatic carbocycles. The summed E-state index contributed by atoms with van der Waals surface area (Å²) in [6, 6.07) is 16.9. The number of nitrogens with zero attached hydrogens (tertiary/aromatic N) is 1. The van der Waals surface area contributed by atoms with Crippen LogP contribution in [0.25, 0.3) is 0 Å². The lowest BCUT2D eigenvalue weighted by Gasteiger charge is -2.13. The van der Waals surface area contributed by atoms with Crippen molar-refractivity contribution in [1.29, 1.82) is 0 Å². The number of ether oxygens (including phenoxy) is 1. The van der Waals surface area contributed by atoms with Crippen molar-refractivity contribution >= 4 is 5.69 Å². The van der Waals surface area contributed by atoms with Crippen molar-refractivity contribution in [2.75, 3.05) is 12.3 Å². The molecule has 0 saturated carbocycles. The Hall–Kier alpha value is -2.04. The van der Waals surface area contributed by atoms with Gasteiger partial charge in [0.1, 0.15) is 12.4 Å². The van der Waals surface area contributed by atoms with Crippen LogP contribution in [0.5, 0.6) is 5.75 Å². The van der Waals surface area contributed by atoms with Gasteiger partial charge in [-0.2, -0.15) is 0 Å². The Morgan fingerprint density at radius 2 is 1.67 bits per heavy atom. The lowest BCUT2D eigenvalue weighted by molar-refractivity contribution is -0.0110. The van der Waals surface area contributed by atoms with E-state index in [-0.39, 0.29) is 0 Å². The maximum absolute atomic E-state index is 9.30. The molecule has 18 heavy (non-hydrogen) atoms. The molecule has 0 amide bonds. The molecule has 0 aromatic heterocycles. The number of hydrogen-bond acceptors (Lipinski definition) is 4. The number of rotatable bonds is 5. The topological polar surface area (TPSA) is 41.9 Å². The molecule has 0 radical (unpaired) electrons. The van der Waals surface area contributed by atoms with Crippen molar-refractivity contribution in [3.63, 3.8) is 0 Å². The minimum atomic E-state index is 0.521. The van der Waals surface area contributed by atoms with E-state index in [4.69, 9.17) is 4.74 Å². The third-order valence-electron chi connectivity index (χ3n) is 2.48. The predicted octanol–water partition coefficient (Wildman–Crippen LogP) is 3.02. The Kier molecular flexibility index (Phi) is 4.17. The molecule has 4 heteroatoms. The summed E-state index contributed by atoms with van der Waals surface area (Å²) in [5.41, 5.74) is 1.66. The predicted molar refractivity (Wildman–Crippen MR) is 68.5 cm³/mol. The highest BCUT2D eigenvalue weighted by molar-refractivity contribution is 5.44. The van der Waals surface area contributed by atoms with Crippen LogP contribution in [0.4, 0.5) is 5.69 Å². The second-order valence-corrected chi connectivity index (χ2v) is 3.72. The minimum absolute atomic E-state index is 0.521. The fraction of sp³-hybridized carbons (Fsp3) is 0.143. The van der Waals surface area contributed by atoms with E-state index < -0.39 is 0 Å². The van der Waals surface area contributed by atoms with Gasteiger partial charge < -0.3 is 4.74 Å². The molecule has 1 N–H and O–H groups in total. The Morgan fingerprint density at radius 1 is 1.00 bits per heavy atom. The fourth-order valence-electron chi connectivity index (χ4n) is 1.52. The normalized spacial score (nSPS) is 10.1. The molecule has 0 heterocycles. The highest BCUT2D eigenvalue weighted by Crippen LogP contribution is 2.19. The van der Waals surface area contributed by atoms with E-state index in [1.54, 1.807) is 24.3 Å². The van der Waals surface area contributed by atoms with Crippen LogP contribution in [0, 0.1) is 0 Å². The van der Waals surface area contributed by atoms with Gasteiger partial charge >= 0.3 is 0 Å². The molecular formula is C14H15NO3. The molecule has 0 aliphatic rings. The molecule has 0 atom stereocenters. The molecule has 0 aliphatic heterocycles. The second kappa shape index (κ2) is 6.05.